The van der Waals surface area contributed by atoms with Crippen LogP contribution in [0.4, 0.5) is 20.2 Å². The minimum atomic E-state index is -0.988. The van der Waals surface area contributed by atoms with Crippen molar-refractivity contribution in [3.8, 4) is 0 Å². The van der Waals surface area contributed by atoms with Gasteiger partial charge in [-0.2, -0.15) is 0 Å². The van der Waals surface area contributed by atoms with Gasteiger partial charge in [-0.3, -0.25) is 9.59 Å². The first-order valence-corrected chi connectivity index (χ1v) is 9.75. The van der Waals surface area contributed by atoms with Gasteiger partial charge >= 0.3 is 0 Å². The topological polar surface area (TPSA) is 49.4 Å². The molecule has 0 atom stereocenters. The monoisotopic (exact) mass is 418 g/mol. The number of rotatable bonds is 4. The second-order valence-corrected chi connectivity index (χ2v) is 7.58. The van der Waals surface area contributed by atoms with Gasteiger partial charge in [0, 0.05) is 11.8 Å². The van der Waals surface area contributed by atoms with Crippen molar-refractivity contribution in [3.63, 3.8) is 0 Å². The van der Waals surface area contributed by atoms with Gasteiger partial charge in [0.05, 0.1) is 11.3 Å². The third-order valence-electron chi connectivity index (χ3n) is 5.35. The van der Waals surface area contributed by atoms with Crippen LogP contribution in [0.1, 0.15) is 22.3 Å². The molecule has 3 aromatic carbocycles. The highest BCUT2D eigenvalue weighted by Gasteiger charge is 2.41. The Bertz CT molecular complexity index is 1250. The first-order valence-electron chi connectivity index (χ1n) is 9.75. The minimum absolute atomic E-state index is 0.0424. The maximum atomic E-state index is 14.5. The maximum Gasteiger partial charge on any atom is 0.282 e. The standard InChI is InChI=1S/C25H20F2N2O2/c1-14-4-9-19(10-5-14)28-23-22(17-7-6-15(2)16(3)12-17)24(30)29(25(23)31)21-11-8-18(26)13-20(21)27/h4-13,28H,1-3H3. The van der Waals surface area contributed by atoms with Crippen LogP contribution in [0.2, 0.25) is 0 Å². The van der Waals surface area contributed by atoms with E-state index >= 15 is 0 Å². The Morgan fingerprint density at radius 3 is 2.13 bits per heavy atom. The smallest absolute Gasteiger partial charge is 0.282 e. The SMILES string of the molecule is Cc1ccc(NC2=C(c3ccc(C)c(C)c3)C(=O)N(c3ccc(F)cc3F)C2=O)cc1. The van der Waals surface area contributed by atoms with Crippen molar-refractivity contribution in [1.82, 2.24) is 0 Å². The second kappa shape index (κ2) is 7.80. The summed E-state index contributed by atoms with van der Waals surface area (Å²) in [5, 5.41) is 3.03. The third kappa shape index (κ3) is 3.72. The first-order chi connectivity index (χ1) is 14.8. The molecule has 0 saturated carbocycles. The summed E-state index contributed by atoms with van der Waals surface area (Å²) < 4.78 is 27.9. The van der Waals surface area contributed by atoms with E-state index in [1.807, 2.05) is 45.0 Å². The van der Waals surface area contributed by atoms with Crippen LogP contribution in [0.5, 0.6) is 0 Å². The zero-order valence-electron chi connectivity index (χ0n) is 17.3. The van der Waals surface area contributed by atoms with Gasteiger partial charge in [0.1, 0.15) is 17.3 Å². The zero-order valence-corrected chi connectivity index (χ0v) is 17.3. The molecule has 0 spiro atoms. The number of nitrogens with zero attached hydrogens (tertiary/aromatic N) is 1. The lowest BCUT2D eigenvalue weighted by molar-refractivity contribution is -0.120. The van der Waals surface area contributed by atoms with Crippen molar-refractivity contribution in [3.05, 3.63) is 100 Å². The number of hydrogen-bond donors (Lipinski definition) is 1. The van der Waals surface area contributed by atoms with E-state index in [1.165, 1.54) is 0 Å². The number of imide groups is 1. The van der Waals surface area contributed by atoms with Gasteiger partial charge in [0.25, 0.3) is 11.8 Å². The lowest BCUT2D eigenvalue weighted by atomic mass is 9.99. The van der Waals surface area contributed by atoms with E-state index in [-0.39, 0.29) is 17.0 Å². The molecule has 1 N–H and O–H groups in total. The number of carbonyl (C=O) groups excluding carboxylic acids is 2. The average Bonchev–Trinajstić information content (AvgIpc) is 2.96. The van der Waals surface area contributed by atoms with E-state index in [0.717, 1.165) is 33.7 Å². The number of nitrogens with one attached hydrogen (secondary N) is 1. The lowest BCUT2D eigenvalue weighted by Gasteiger charge is -2.16. The number of anilines is 2. The van der Waals surface area contributed by atoms with Gasteiger partial charge in [-0.05, 0) is 61.7 Å². The molecule has 3 aromatic rings. The van der Waals surface area contributed by atoms with Gasteiger partial charge in [-0.1, -0.05) is 35.9 Å². The molecule has 0 bridgehead atoms. The molecule has 156 valence electrons. The molecule has 0 aromatic heterocycles. The van der Waals surface area contributed by atoms with Crippen molar-refractivity contribution in [2.75, 3.05) is 10.2 Å². The summed E-state index contributed by atoms with van der Waals surface area (Å²) in [5.41, 5.74) is 4.07. The summed E-state index contributed by atoms with van der Waals surface area (Å²) in [6.07, 6.45) is 0. The van der Waals surface area contributed by atoms with Crippen LogP contribution in [-0.4, -0.2) is 11.8 Å². The van der Waals surface area contributed by atoms with Crippen LogP contribution in [0.25, 0.3) is 5.57 Å². The summed E-state index contributed by atoms with van der Waals surface area (Å²) in [7, 11) is 0. The van der Waals surface area contributed by atoms with Crippen molar-refractivity contribution in [1.29, 1.82) is 0 Å². The number of carbonyl (C=O) groups is 2. The Kier molecular flexibility index (Phi) is 5.15. The Balaban J connectivity index is 1.85. The van der Waals surface area contributed by atoms with Crippen LogP contribution in [-0.2, 0) is 9.59 Å². The fourth-order valence-electron chi connectivity index (χ4n) is 3.47. The molecular formula is C25H20F2N2O2. The number of halogens is 2. The number of benzene rings is 3. The molecule has 4 nitrogen and oxygen atoms in total. The summed E-state index contributed by atoms with van der Waals surface area (Å²) in [6, 6.07) is 15.5. The quantitative estimate of drug-likeness (QED) is 0.586. The fraction of sp³-hybridized carbons (Fsp3) is 0.120. The Labute approximate surface area is 178 Å². The first kappa shape index (κ1) is 20.5. The van der Waals surface area contributed by atoms with Crippen molar-refractivity contribution in [2.24, 2.45) is 0 Å². The molecule has 31 heavy (non-hydrogen) atoms. The van der Waals surface area contributed by atoms with E-state index in [4.69, 9.17) is 0 Å². The maximum absolute atomic E-state index is 14.5. The molecule has 1 heterocycles. The fourth-order valence-corrected chi connectivity index (χ4v) is 3.47. The van der Waals surface area contributed by atoms with Crippen molar-refractivity contribution < 1.29 is 18.4 Å². The molecule has 6 heteroatoms. The predicted molar refractivity (Wildman–Crippen MR) is 116 cm³/mol. The van der Waals surface area contributed by atoms with Crippen LogP contribution >= 0.6 is 0 Å². The second-order valence-electron chi connectivity index (χ2n) is 7.58. The van der Waals surface area contributed by atoms with Gasteiger partial charge in [-0.15, -0.1) is 0 Å². The van der Waals surface area contributed by atoms with Crippen LogP contribution in [0.15, 0.2) is 66.4 Å². The van der Waals surface area contributed by atoms with Gasteiger partial charge in [-0.25, -0.2) is 13.7 Å². The lowest BCUT2D eigenvalue weighted by Crippen LogP contribution is -2.33. The molecule has 0 radical (unpaired) electrons. The average molecular weight is 418 g/mol. The molecule has 0 unspecified atom stereocenters. The van der Waals surface area contributed by atoms with Crippen LogP contribution < -0.4 is 10.2 Å². The van der Waals surface area contributed by atoms with E-state index in [1.54, 1.807) is 18.2 Å². The van der Waals surface area contributed by atoms with Crippen LogP contribution in [0, 0.1) is 32.4 Å². The number of aryl methyl sites for hydroxylation is 3. The summed E-state index contributed by atoms with van der Waals surface area (Å²) in [6.45, 7) is 5.79. The largest absolute Gasteiger partial charge is 0.350 e. The molecule has 1 aliphatic heterocycles. The Morgan fingerprint density at radius 2 is 1.48 bits per heavy atom. The van der Waals surface area contributed by atoms with E-state index in [2.05, 4.69) is 5.32 Å². The Hall–Kier alpha value is -3.80. The van der Waals surface area contributed by atoms with Gasteiger partial charge < -0.3 is 5.32 Å². The molecule has 1 aliphatic rings. The van der Waals surface area contributed by atoms with E-state index in [0.29, 0.717) is 17.3 Å². The third-order valence-corrected chi connectivity index (χ3v) is 5.35. The molecule has 2 amide bonds. The van der Waals surface area contributed by atoms with Crippen LogP contribution in [0.3, 0.4) is 0 Å². The highest BCUT2D eigenvalue weighted by Crippen LogP contribution is 2.35. The zero-order chi connectivity index (χ0) is 22.3. The molecule has 4 rings (SSSR count). The highest BCUT2D eigenvalue weighted by molar-refractivity contribution is 6.46. The van der Waals surface area contributed by atoms with Crippen molar-refractivity contribution >= 4 is 28.8 Å². The van der Waals surface area contributed by atoms with Crippen molar-refractivity contribution in [2.45, 2.75) is 20.8 Å². The minimum Gasteiger partial charge on any atom is -0.350 e. The molecule has 0 saturated heterocycles. The van der Waals surface area contributed by atoms with E-state index in [9.17, 15) is 18.4 Å². The Morgan fingerprint density at radius 1 is 0.774 bits per heavy atom. The molecular weight excluding hydrogens is 398 g/mol. The molecule has 0 aliphatic carbocycles. The normalized spacial score (nSPS) is 13.9. The summed E-state index contributed by atoms with van der Waals surface area (Å²) in [5.74, 6) is -3.16. The van der Waals surface area contributed by atoms with E-state index < -0.39 is 23.4 Å². The highest BCUT2D eigenvalue weighted by atomic mass is 19.1. The summed E-state index contributed by atoms with van der Waals surface area (Å²) in [4.78, 5) is 27.4. The number of hydrogen-bond acceptors (Lipinski definition) is 3. The number of amides is 2. The molecule has 0 fully saturated rings. The van der Waals surface area contributed by atoms with Gasteiger partial charge in [0.2, 0.25) is 0 Å². The summed E-state index contributed by atoms with van der Waals surface area (Å²) >= 11 is 0. The predicted octanol–water partition coefficient (Wildman–Crippen LogP) is 5.29. The van der Waals surface area contributed by atoms with Gasteiger partial charge in [0.15, 0.2) is 0 Å².